The Kier molecular flexibility index (Phi) is 8.50. The first-order chi connectivity index (χ1) is 16.2. The van der Waals surface area contributed by atoms with Gasteiger partial charge in [0.15, 0.2) is 11.0 Å². The van der Waals surface area contributed by atoms with E-state index in [9.17, 15) is 9.59 Å². The van der Waals surface area contributed by atoms with E-state index in [1.165, 1.54) is 17.3 Å². The lowest BCUT2D eigenvalue weighted by Crippen LogP contribution is -2.33. The first-order valence-electron chi connectivity index (χ1n) is 11.5. The highest BCUT2D eigenvalue weighted by molar-refractivity contribution is 7.99. The average Bonchev–Trinajstić information content (AvgIpc) is 3.20. The number of carbonyl (C=O) groups excluding carboxylic acids is 2. The number of amides is 2. The number of hydrogen-bond donors (Lipinski definition) is 2. The van der Waals surface area contributed by atoms with Crippen molar-refractivity contribution in [1.82, 2.24) is 20.1 Å². The summed E-state index contributed by atoms with van der Waals surface area (Å²) in [6.45, 7) is 12.7. The summed E-state index contributed by atoms with van der Waals surface area (Å²) in [6, 6.07) is 13.1. The molecule has 0 saturated carbocycles. The number of thioether (sulfide) groups is 1. The highest BCUT2D eigenvalue weighted by Crippen LogP contribution is 2.26. The highest BCUT2D eigenvalue weighted by Gasteiger charge is 2.26. The molecule has 3 aromatic rings. The van der Waals surface area contributed by atoms with Crippen molar-refractivity contribution in [3.63, 3.8) is 0 Å². The fourth-order valence-corrected chi connectivity index (χ4v) is 4.43. The molecular formula is C26H33N5O2S. The molecule has 0 spiro atoms. The molecule has 1 aromatic heterocycles. The lowest BCUT2D eigenvalue weighted by atomic mass is 10.0. The zero-order valence-corrected chi connectivity index (χ0v) is 21.5. The van der Waals surface area contributed by atoms with Crippen LogP contribution in [-0.4, -0.2) is 32.3 Å². The number of nitrogens with one attached hydrogen (secondary N) is 2. The highest BCUT2D eigenvalue weighted by atomic mass is 32.2. The summed E-state index contributed by atoms with van der Waals surface area (Å²) in [5.74, 6) is 0.765. The third kappa shape index (κ3) is 6.26. The zero-order valence-electron chi connectivity index (χ0n) is 20.7. The molecule has 0 bridgehead atoms. The van der Waals surface area contributed by atoms with E-state index in [2.05, 4.69) is 20.8 Å². The minimum atomic E-state index is -0.306. The molecule has 0 aliphatic heterocycles. The normalized spacial score (nSPS) is 12.0. The summed E-state index contributed by atoms with van der Waals surface area (Å²) in [7, 11) is 0. The van der Waals surface area contributed by atoms with Crippen molar-refractivity contribution >= 4 is 29.3 Å². The van der Waals surface area contributed by atoms with E-state index in [-0.39, 0.29) is 29.5 Å². The molecule has 1 atom stereocenters. The largest absolute Gasteiger partial charge is 0.342 e. The van der Waals surface area contributed by atoms with E-state index in [1.54, 1.807) is 6.07 Å². The second-order valence-corrected chi connectivity index (χ2v) is 9.73. The van der Waals surface area contributed by atoms with E-state index < -0.39 is 0 Å². The molecule has 7 nitrogen and oxygen atoms in total. The zero-order chi connectivity index (χ0) is 24.8. The van der Waals surface area contributed by atoms with Gasteiger partial charge < -0.3 is 15.2 Å². The van der Waals surface area contributed by atoms with Gasteiger partial charge in [0.1, 0.15) is 0 Å². The Morgan fingerprint density at radius 2 is 1.79 bits per heavy atom. The maximum absolute atomic E-state index is 12.9. The van der Waals surface area contributed by atoms with E-state index in [1.807, 2.05) is 82.5 Å². The smallest absolute Gasteiger partial charge is 0.251 e. The SMILES string of the molecule is CCn1c(SCC(=O)Nc2ccc(C)c(C)c2)nnc1[C@H](NC(=O)c1cccc(C)c1)C(C)C. The Morgan fingerprint density at radius 3 is 2.44 bits per heavy atom. The van der Waals surface area contributed by atoms with E-state index in [0.717, 1.165) is 16.8 Å². The molecule has 0 radical (unpaired) electrons. The Hall–Kier alpha value is -3.13. The molecule has 0 fully saturated rings. The number of aromatic nitrogens is 3. The maximum atomic E-state index is 12.9. The number of nitrogens with zero attached hydrogens (tertiary/aromatic N) is 3. The van der Waals surface area contributed by atoms with Crippen LogP contribution in [0.25, 0.3) is 0 Å². The number of benzene rings is 2. The summed E-state index contributed by atoms with van der Waals surface area (Å²) in [5, 5.41) is 15.5. The fraction of sp³-hybridized carbons (Fsp3) is 0.385. The quantitative estimate of drug-likeness (QED) is 0.418. The summed E-state index contributed by atoms with van der Waals surface area (Å²) >= 11 is 1.34. The van der Waals surface area contributed by atoms with Crippen molar-refractivity contribution in [2.75, 3.05) is 11.1 Å². The van der Waals surface area contributed by atoms with Crippen LogP contribution in [0.4, 0.5) is 5.69 Å². The maximum Gasteiger partial charge on any atom is 0.251 e. The lowest BCUT2D eigenvalue weighted by molar-refractivity contribution is -0.113. The van der Waals surface area contributed by atoms with Crippen LogP contribution in [0.1, 0.15) is 59.7 Å². The lowest BCUT2D eigenvalue weighted by Gasteiger charge is -2.22. The van der Waals surface area contributed by atoms with Gasteiger partial charge >= 0.3 is 0 Å². The van der Waals surface area contributed by atoms with Gasteiger partial charge in [0.2, 0.25) is 5.91 Å². The molecule has 2 N–H and O–H groups in total. The summed E-state index contributed by atoms with van der Waals surface area (Å²) in [6.07, 6.45) is 0. The number of rotatable bonds is 9. The van der Waals surface area contributed by atoms with Crippen molar-refractivity contribution in [2.24, 2.45) is 5.92 Å². The molecule has 180 valence electrons. The first kappa shape index (κ1) is 25.5. The Labute approximate surface area is 205 Å². The van der Waals surface area contributed by atoms with Gasteiger partial charge in [-0.2, -0.15) is 0 Å². The van der Waals surface area contributed by atoms with E-state index in [4.69, 9.17) is 0 Å². The van der Waals surface area contributed by atoms with Crippen LogP contribution >= 0.6 is 11.8 Å². The Morgan fingerprint density at radius 1 is 1.03 bits per heavy atom. The Balaban J connectivity index is 1.71. The molecule has 34 heavy (non-hydrogen) atoms. The van der Waals surface area contributed by atoms with Crippen molar-refractivity contribution in [1.29, 1.82) is 0 Å². The predicted molar refractivity (Wildman–Crippen MR) is 137 cm³/mol. The second-order valence-electron chi connectivity index (χ2n) is 8.79. The van der Waals surface area contributed by atoms with Gasteiger partial charge in [-0.15, -0.1) is 10.2 Å². The van der Waals surface area contributed by atoms with Crippen LogP contribution in [-0.2, 0) is 11.3 Å². The van der Waals surface area contributed by atoms with Crippen molar-refractivity contribution in [3.8, 4) is 0 Å². The number of hydrogen-bond acceptors (Lipinski definition) is 5. The van der Waals surface area contributed by atoms with Gasteiger partial charge in [-0.1, -0.05) is 49.4 Å². The molecule has 0 aliphatic rings. The molecule has 0 saturated heterocycles. The second kappa shape index (κ2) is 11.3. The van der Waals surface area contributed by atoms with Gasteiger partial charge in [-0.05, 0) is 69.0 Å². The first-order valence-corrected chi connectivity index (χ1v) is 12.5. The van der Waals surface area contributed by atoms with E-state index >= 15 is 0 Å². The van der Waals surface area contributed by atoms with Gasteiger partial charge in [-0.3, -0.25) is 9.59 Å². The van der Waals surface area contributed by atoms with Crippen LogP contribution < -0.4 is 10.6 Å². The van der Waals surface area contributed by atoms with Crippen molar-refractivity contribution < 1.29 is 9.59 Å². The summed E-state index contributed by atoms with van der Waals surface area (Å²) in [5.41, 5.74) is 4.75. The minimum absolute atomic E-state index is 0.103. The van der Waals surface area contributed by atoms with Gasteiger partial charge in [0, 0.05) is 17.8 Å². The third-order valence-electron chi connectivity index (χ3n) is 5.70. The number of anilines is 1. The fourth-order valence-electron chi connectivity index (χ4n) is 3.62. The average molecular weight is 480 g/mol. The number of carbonyl (C=O) groups is 2. The van der Waals surface area contributed by atoms with Crippen LogP contribution in [0.5, 0.6) is 0 Å². The van der Waals surface area contributed by atoms with Crippen molar-refractivity contribution in [2.45, 2.75) is 59.3 Å². The van der Waals surface area contributed by atoms with Gasteiger partial charge in [-0.25, -0.2) is 0 Å². The topological polar surface area (TPSA) is 88.9 Å². The van der Waals surface area contributed by atoms with Gasteiger partial charge in [0.25, 0.3) is 5.91 Å². The molecule has 1 heterocycles. The van der Waals surface area contributed by atoms with Crippen LogP contribution in [0.2, 0.25) is 0 Å². The predicted octanol–water partition coefficient (Wildman–Crippen LogP) is 5.08. The van der Waals surface area contributed by atoms with Crippen LogP contribution in [0.3, 0.4) is 0 Å². The Bertz CT molecular complexity index is 1170. The van der Waals surface area contributed by atoms with Crippen molar-refractivity contribution in [3.05, 3.63) is 70.5 Å². The molecule has 0 unspecified atom stereocenters. The third-order valence-corrected chi connectivity index (χ3v) is 6.66. The monoisotopic (exact) mass is 479 g/mol. The molecule has 8 heteroatoms. The molecular weight excluding hydrogens is 446 g/mol. The minimum Gasteiger partial charge on any atom is -0.342 e. The van der Waals surface area contributed by atoms with Crippen LogP contribution in [0.15, 0.2) is 47.6 Å². The number of aryl methyl sites for hydroxylation is 3. The standard InChI is InChI=1S/C26H33N5O2S/c1-7-31-24(23(16(2)3)28-25(33)20-10-8-9-17(4)13-20)29-30-26(31)34-15-22(32)27-21-12-11-18(5)19(6)14-21/h8-14,16,23H,7,15H2,1-6H3,(H,27,32)(H,28,33)/t23-/m1/s1. The summed E-state index contributed by atoms with van der Waals surface area (Å²) < 4.78 is 1.97. The summed E-state index contributed by atoms with van der Waals surface area (Å²) in [4.78, 5) is 25.4. The molecule has 2 amide bonds. The van der Waals surface area contributed by atoms with Gasteiger partial charge in [0.05, 0.1) is 11.8 Å². The molecule has 2 aromatic carbocycles. The van der Waals surface area contributed by atoms with Crippen LogP contribution in [0, 0.1) is 26.7 Å². The molecule has 3 rings (SSSR count). The van der Waals surface area contributed by atoms with E-state index in [0.29, 0.717) is 23.1 Å². The molecule has 0 aliphatic carbocycles.